The van der Waals surface area contributed by atoms with Gasteiger partial charge in [-0.3, -0.25) is 4.79 Å². The van der Waals surface area contributed by atoms with Crippen LogP contribution in [0, 0.1) is 5.92 Å². The highest BCUT2D eigenvalue weighted by molar-refractivity contribution is 5.86. The number of fused-ring (bicyclic) bond motifs is 3. The van der Waals surface area contributed by atoms with Gasteiger partial charge >= 0.3 is 0 Å². The highest BCUT2D eigenvalue weighted by atomic mass is 16.2. The van der Waals surface area contributed by atoms with Crippen molar-refractivity contribution in [1.29, 1.82) is 0 Å². The molecule has 0 saturated carbocycles. The summed E-state index contributed by atoms with van der Waals surface area (Å²) in [6.45, 7) is 6.89. The molecule has 130 valence electrons. The largest absolute Gasteiger partial charge is 0.356 e. The van der Waals surface area contributed by atoms with Crippen molar-refractivity contribution in [2.24, 2.45) is 11.7 Å². The Labute approximate surface area is 144 Å². The number of H-pyrrole nitrogens is 1. The van der Waals surface area contributed by atoms with Crippen LogP contribution in [0.15, 0.2) is 24.3 Å². The lowest BCUT2D eigenvalue weighted by Gasteiger charge is -2.36. The van der Waals surface area contributed by atoms with E-state index >= 15 is 0 Å². The Morgan fingerprint density at radius 1 is 1.38 bits per heavy atom. The molecule has 4 nitrogen and oxygen atoms in total. The van der Waals surface area contributed by atoms with E-state index in [2.05, 4.69) is 43.1 Å². The first-order chi connectivity index (χ1) is 11.5. The third kappa shape index (κ3) is 3.34. The molecule has 1 aromatic carbocycles. The Balaban J connectivity index is 1.87. The standard InChI is InChI=1S/C20H29N3O/c1-13(2)12-15(21)8-9-19-20-17(10-11-23(19)14(3)24)16-6-4-5-7-18(16)22-20/h4-7,13,15,19,22H,8-12,21H2,1-3H3. The fourth-order valence-electron chi connectivity index (χ4n) is 4.09. The molecule has 0 radical (unpaired) electrons. The van der Waals surface area contributed by atoms with Gasteiger partial charge < -0.3 is 15.6 Å². The molecule has 2 aromatic rings. The van der Waals surface area contributed by atoms with Crippen molar-refractivity contribution in [2.45, 2.75) is 58.5 Å². The number of nitrogens with zero attached hydrogens (tertiary/aromatic N) is 1. The predicted molar refractivity (Wildman–Crippen MR) is 98.8 cm³/mol. The number of benzene rings is 1. The van der Waals surface area contributed by atoms with Crippen molar-refractivity contribution in [3.63, 3.8) is 0 Å². The SMILES string of the molecule is CC(=O)N1CCc2c([nH]c3ccccc23)C1CCC(N)CC(C)C. The predicted octanol–water partition coefficient (Wildman–Crippen LogP) is 3.77. The van der Waals surface area contributed by atoms with E-state index < -0.39 is 0 Å². The number of amides is 1. The summed E-state index contributed by atoms with van der Waals surface area (Å²) in [5.41, 5.74) is 10.1. The van der Waals surface area contributed by atoms with Crippen molar-refractivity contribution in [1.82, 2.24) is 9.88 Å². The van der Waals surface area contributed by atoms with Gasteiger partial charge in [-0.15, -0.1) is 0 Å². The summed E-state index contributed by atoms with van der Waals surface area (Å²) in [6.07, 6.45) is 3.83. The van der Waals surface area contributed by atoms with Crippen LogP contribution in [-0.4, -0.2) is 28.4 Å². The second kappa shape index (κ2) is 6.98. The van der Waals surface area contributed by atoms with Crippen molar-refractivity contribution in [3.8, 4) is 0 Å². The molecule has 3 rings (SSSR count). The summed E-state index contributed by atoms with van der Waals surface area (Å²) >= 11 is 0. The van der Waals surface area contributed by atoms with Crippen molar-refractivity contribution >= 4 is 16.8 Å². The molecule has 1 aliphatic rings. The van der Waals surface area contributed by atoms with Gasteiger partial charge in [0, 0.05) is 36.1 Å². The average Bonchev–Trinajstić information content (AvgIpc) is 2.90. The van der Waals surface area contributed by atoms with E-state index in [9.17, 15) is 4.79 Å². The summed E-state index contributed by atoms with van der Waals surface area (Å²) in [5, 5.41) is 1.30. The average molecular weight is 327 g/mol. The van der Waals surface area contributed by atoms with Crippen LogP contribution in [0.4, 0.5) is 0 Å². The summed E-state index contributed by atoms with van der Waals surface area (Å²) < 4.78 is 0. The maximum absolute atomic E-state index is 12.1. The zero-order chi connectivity index (χ0) is 17.3. The molecule has 1 amide bonds. The first kappa shape index (κ1) is 17.0. The molecule has 0 aliphatic carbocycles. The molecule has 2 atom stereocenters. The number of aromatic amines is 1. The van der Waals surface area contributed by atoms with E-state index in [0.717, 1.165) is 32.2 Å². The van der Waals surface area contributed by atoms with Gasteiger partial charge in [0.2, 0.25) is 5.91 Å². The molecule has 3 N–H and O–H groups in total. The van der Waals surface area contributed by atoms with Gasteiger partial charge in [0.05, 0.1) is 6.04 Å². The highest BCUT2D eigenvalue weighted by Crippen LogP contribution is 2.37. The molecule has 0 spiro atoms. The molecule has 2 heterocycles. The van der Waals surface area contributed by atoms with Crippen LogP contribution in [0.1, 0.15) is 57.3 Å². The molecule has 1 aliphatic heterocycles. The Bertz CT molecular complexity index is 719. The molecule has 1 aromatic heterocycles. The van der Waals surface area contributed by atoms with Crippen molar-refractivity contribution < 1.29 is 4.79 Å². The minimum Gasteiger partial charge on any atom is -0.356 e. The lowest BCUT2D eigenvalue weighted by Crippen LogP contribution is -2.39. The number of para-hydroxylation sites is 1. The molecule has 0 bridgehead atoms. The van der Waals surface area contributed by atoms with Gasteiger partial charge in [-0.2, -0.15) is 0 Å². The van der Waals surface area contributed by atoms with E-state index in [1.807, 2.05) is 4.90 Å². The molecular formula is C20H29N3O. The summed E-state index contributed by atoms with van der Waals surface area (Å²) in [5.74, 6) is 0.764. The smallest absolute Gasteiger partial charge is 0.220 e. The monoisotopic (exact) mass is 327 g/mol. The summed E-state index contributed by atoms with van der Waals surface area (Å²) in [6, 6.07) is 8.76. The van der Waals surface area contributed by atoms with Crippen LogP contribution in [0.2, 0.25) is 0 Å². The van der Waals surface area contributed by atoms with Gasteiger partial charge in [-0.1, -0.05) is 32.0 Å². The number of carbonyl (C=O) groups is 1. The van der Waals surface area contributed by atoms with Gasteiger partial charge in [0.25, 0.3) is 0 Å². The molecule has 4 heteroatoms. The normalized spacial score (nSPS) is 18.9. The number of carbonyl (C=O) groups excluding carboxylic acids is 1. The number of nitrogens with two attached hydrogens (primary N) is 1. The van der Waals surface area contributed by atoms with Crippen LogP contribution in [0.3, 0.4) is 0 Å². The van der Waals surface area contributed by atoms with Crippen LogP contribution in [0.5, 0.6) is 0 Å². The number of rotatable bonds is 5. The zero-order valence-corrected chi connectivity index (χ0v) is 15.0. The van der Waals surface area contributed by atoms with Gasteiger partial charge in [0.1, 0.15) is 0 Å². The molecule has 2 unspecified atom stereocenters. The highest BCUT2D eigenvalue weighted by Gasteiger charge is 2.31. The van der Waals surface area contributed by atoms with E-state index in [1.54, 1.807) is 6.92 Å². The lowest BCUT2D eigenvalue weighted by atomic mass is 9.91. The third-order valence-electron chi connectivity index (χ3n) is 5.15. The number of hydrogen-bond donors (Lipinski definition) is 2. The molecule has 24 heavy (non-hydrogen) atoms. The molecule has 0 saturated heterocycles. The number of nitrogens with one attached hydrogen (secondary N) is 1. The van der Waals surface area contributed by atoms with Gasteiger partial charge in [-0.05, 0) is 43.2 Å². The summed E-state index contributed by atoms with van der Waals surface area (Å²) in [7, 11) is 0. The van der Waals surface area contributed by atoms with E-state index in [4.69, 9.17) is 5.73 Å². The third-order valence-corrected chi connectivity index (χ3v) is 5.15. The van der Waals surface area contributed by atoms with E-state index in [1.165, 1.54) is 22.2 Å². The van der Waals surface area contributed by atoms with Crippen molar-refractivity contribution in [3.05, 3.63) is 35.5 Å². The minimum absolute atomic E-state index is 0.122. The van der Waals surface area contributed by atoms with Crippen LogP contribution in [0.25, 0.3) is 10.9 Å². The topological polar surface area (TPSA) is 62.1 Å². The zero-order valence-electron chi connectivity index (χ0n) is 15.0. The van der Waals surface area contributed by atoms with E-state index in [0.29, 0.717) is 5.92 Å². The number of hydrogen-bond acceptors (Lipinski definition) is 2. The Morgan fingerprint density at radius 3 is 2.83 bits per heavy atom. The maximum Gasteiger partial charge on any atom is 0.220 e. The first-order valence-corrected chi connectivity index (χ1v) is 9.09. The minimum atomic E-state index is 0.122. The van der Waals surface area contributed by atoms with Crippen LogP contribution < -0.4 is 5.73 Å². The first-order valence-electron chi connectivity index (χ1n) is 9.09. The van der Waals surface area contributed by atoms with Gasteiger partial charge in [-0.25, -0.2) is 0 Å². The van der Waals surface area contributed by atoms with Crippen LogP contribution >= 0.6 is 0 Å². The Kier molecular flexibility index (Phi) is 4.95. The Morgan fingerprint density at radius 2 is 2.12 bits per heavy atom. The summed E-state index contributed by atoms with van der Waals surface area (Å²) in [4.78, 5) is 17.7. The fraction of sp³-hybridized carbons (Fsp3) is 0.550. The van der Waals surface area contributed by atoms with Crippen LogP contribution in [-0.2, 0) is 11.2 Å². The fourth-order valence-corrected chi connectivity index (χ4v) is 4.09. The quantitative estimate of drug-likeness (QED) is 0.878. The Hall–Kier alpha value is -1.81. The second-order valence-corrected chi connectivity index (χ2v) is 7.51. The van der Waals surface area contributed by atoms with Crippen molar-refractivity contribution in [2.75, 3.05) is 6.54 Å². The van der Waals surface area contributed by atoms with Gasteiger partial charge in [0.15, 0.2) is 0 Å². The van der Waals surface area contributed by atoms with E-state index in [-0.39, 0.29) is 18.0 Å². The lowest BCUT2D eigenvalue weighted by molar-refractivity contribution is -0.132. The molecular weight excluding hydrogens is 298 g/mol. The maximum atomic E-state index is 12.1. The molecule has 0 fully saturated rings. The second-order valence-electron chi connectivity index (χ2n) is 7.51. The number of aromatic nitrogens is 1.